The Labute approximate surface area is 124 Å². The molecule has 1 aromatic heterocycles. The highest BCUT2D eigenvalue weighted by atomic mass is 32.1. The number of nitrogens with one attached hydrogen (secondary N) is 1. The zero-order valence-corrected chi connectivity index (χ0v) is 12.3. The second-order valence-electron chi connectivity index (χ2n) is 5.18. The summed E-state index contributed by atoms with van der Waals surface area (Å²) in [7, 11) is 0. The van der Waals surface area contributed by atoms with Crippen LogP contribution in [0.1, 0.15) is 24.0 Å². The molecule has 0 radical (unpaired) electrons. The normalized spacial score (nSPS) is 14.2. The highest BCUT2D eigenvalue weighted by molar-refractivity contribution is 7.80. The smallest absolute Gasteiger partial charge is 0.193 e. The highest BCUT2D eigenvalue weighted by Crippen LogP contribution is 2.32. The van der Waals surface area contributed by atoms with Crippen molar-refractivity contribution in [3.8, 4) is 11.3 Å². The van der Waals surface area contributed by atoms with Crippen molar-refractivity contribution in [3.05, 3.63) is 35.4 Å². The van der Waals surface area contributed by atoms with Gasteiger partial charge in [0.25, 0.3) is 0 Å². The molecule has 0 saturated heterocycles. The Morgan fingerprint density at radius 3 is 2.75 bits per heavy atom. The number of fused-ring (bicyclic) bond motifs is 1. The van der Waals surface area contributed by atoms with Crippen molar-refractivity contribution in [2.45, 2.75) is 26.2 Å². The lowest BCUT2D eigenvalue weighted by molar-refractivity contribution is 0.782. The van der Waals surface area contributed by atoms with Gasteiger partial charge in [-0.05, 0) is 38.4 Å². The minimum absolute atomic E-state index is 0.286. The number of aryl methyl sites for hydroxylation is 1. The predicted octanol–water partition coefficient (Wildman–Crippen LogP) is 2.70. The van der Waals surface area contributed by atoms with E-state index in [0.717, 1.165) is 42.9 Å². The molecule has 0 fully saturated rings. The molecular weight excluding hydrogens is 268 g/mol. The maximum absolute atomic E-state index is 5.80. The van der Waals surface area contributed by atoms with E-state index in [9.17, 15) is 0 Å². The van der Waals surface area contributed by atoms with Crippen LogP contribution in [0.2, 0.25) is 0 Å². The first-order valence-electron chi connectivity index (χ1n) is 6.89. The number of thiocarbonyl (C=S) groups is 1. The first-order chi connectivity index (χ1) is 9.66. The number of aromatic nitrogens is 2. The summed E-state index contributed by atoms with van der Waals surface area (Å²) >= 11 is 5.11. The van der Waals surface area contributed by atoms with Crippen molar-refractivity contribution >= 4 is 23.1 Å². The van der Waals surface area contributed by atoms with Crippen LogP contribution in [0.4, 0.5) is 5.82 Å². The van der Waals surface area contributed by atoms with Crippen LogP contribution in [0.25, 0.3) is 11.3 Å². The fourth-order valence-corrected chi connectivity index (χ4v) is 2.74. The molecular formula is C15H18N4S. The van der Waals surface area contributed by atoms with E-state index < -0.39 is 0 Å². The first-order valence-corrected chi connectivity index (χ1v) is 7.30. The minimum atomic E-state index is 0.286. The van der Waals surface area contributed by atoms with Gasteiger partial charge < -0.3 is 11.1 Å². The molecule has 2 aromatic rings. The molecule has 0 aliphatic carbocycles. The Bertz CT molecular complexity index is 643. The van der Waals surface area contributed by atoms with Crippen LogP contribution >= 0.6 is 12.2 Å². The molecule has 0 spiro atoms. The van der Waals surface area contributed by atoms with Crippen LogP contribution < -0.4 is 11.1 Å². The van der Waals surface area contributed by atoms with Crippen molar-refractivity contribution in [1.29, 1.82) is 0 Å². The van der Waals surface area contributed by atoms with Gasteiger partial charge in [-0.15, -0.1) is 0 Å². The predicted molar refractivity (Wildman–Crippen MR) is 86.0 cm³/mol. The van der Waals surface area contributed by atoms with Crippen LogP contribution in [0.5, 0.6) is 0 Å². The van der Waals surface area contributed by atoms with Crippen molar-refractivity contribution in [2.24, 2.45) is 5.73 Å². The van der Waals surface area contributed by atoms with Crippen LogP contribution in [-0.2, 0) is 6.42 Å². The molecule has 1 aliphatic rings. The topological polar surface area (TPSA) is 55.9 Å². The summed E-state index contributed by atoms with van der Waals surface area (Å²) in [5.74, 6) is 0.963. The standard InChI is InChI=1S/C15H18N4S/c1-10-5-7-11(8-6-10)13-12-4-2-3-9-17-14(12)19(18-13)15(16)20/h5-8,17H,2-4,9H2,1H3,(H2,16,20). The number of nitrogens with zero attached hydrogens (tertiary/aromatic N) is 2. The SMILES string of the molecule is Cc1ccc(-c2nn(C(N)=S)c3c2CCCCN3)cc1. The summed E-state index contributed by atoms with van der Waals surface area (Å²) in [6.07, 6.45) is 3.31. The van der Waals surface area contributed by atoms with Gasteiger partial charge in [0, 0.05) is 17.7 Å². The number of benzene rings is 1. The van der Waals surface area contributed by atoms with E-state index in [0.29, 0.717) is 0 Å². The average Bonchev–Trinajstić information content (AvgIpc) is 2.63. The van der Waals surface area contributed by atoms with Crippen molar-refractivity contribution in [3.63, 3.8) is 0 Å². The fraction of sp³-hybridized carbons (Fsp3) is 0.333. The van der Waals surface area contributed by atoms with E-state index in [-0.39, 0.29) is 5.11 Å². The molecule has 104 valence electrons. The van der Waals surface area contributed by atoms with Crippen LogP contribution in [-0.4, -0.2) is 21.4 Å². The Kier molecular flexibility index (Phi) is 3.44. The molecule has 3 N–H and O–H groups in total. The summed E-state index contributed by atoms with van der Waals surface area (Å²) in [6.45, 7) is 3.02. The lowest BCUT2D eigenvalue weighted by Gasteiger charge is -2.06. The molecule has 0 saturated carbocycles. The fourth-order valence-electron chi connectivity index (χ4n) is 2.61. The Balaban J connectivity index is 2.15. The van der Waals surface area contributed by atoms with Crippen molar-refractivity contribution < 1.29 is 0 Å². The second-order valence-corrected chi connectivity index (χ2v) is 5.59. The molecule has 20 heavy (non-hydrogen) atoms. The number of rotatable bonds is 1. The van der Waals surface area contributed by atoms with Gasteiger partial charge in [-0.1, -0.05) is 29.8 Å². The van der Waals surface area contributed by atoms with Crippen molar-refractivity contribution in [1.82, 2.24) is 9.78 Å². The van der Waals surface area contributed by atoms with Gasteiger partial charge in [0.1, 0.15) is 5.82 Å². The summed E-state index contributed by atoms with van der Waals surface area (Å²) in [6, 6.07) is 8.41. The molecule has 1 aliphatic heterocycles. The Morgan fingerprint density at radius 2 is 2.05 bits per heavy atom. The summed E-state index contributed by atoms with van der Waals surface area (Å²) in [4.78, 5) is 0. The quantitative estimate of drug-likeness (QED) is 0.791. The largest absolute Gasteiger partial charge is 0.374 e. The maximum atomic E-state index is 5.80. The van der Waals surface area contributed by atoms with Crippen LogP contribution in [0.15, 0.2) is 24.3 Å². The van der Waals surface area contributed by atoms with E-state index >= 15 is 0 Å². The minimum Gasteiger partial charge on any atom is -0.374 e. The first kappa shape index (κ1) is 13.1. The van der Waals surface area contributed by atoms with Gasteiger partial charge >= 0.3 is 0 Å². The van der Waals surface area contributed by atoms with Crippen LogP contribution in [0.3, 0.4) is 0 Å². The molecule has 0 amide bonds. The molecule has 0 unspecified atom stereocenters. The zero-order valence-electron chi connectivity index (χ0n) is 11.5. The second kappa shape index (κ2) is 5.25. The third kappa shape index (κ3) is 2.29. The molecule has 0 bridgehead atoms. The third-order valence-corrected chi connectivity index (χ3v) is 3.84. The molecule has 4 nitrogen and oxygen atoms in total. The molecule has 1 aromatic carbocycles. The number of hydrogen-bond acceptors (Lipinski definition) is 3. The molecule has 0 atom stereocenters. The highest BCUT2D eigenvalue weighted by Gasteiger charge is 2.21. The maximum Gasteiger partial charge on any atom is 0.193 e. The molecule has 2 heterocycles. The summed E-state index contributed by atoms with van der Waals surface area (Å²) in [5, 5.41) is 8.32. The van der Waals surface area contributed by atoms with E-state index in [1.54, 1.807) is 4.68 Å². The van der Waals surface area contributed by atoms with Gasteiger partial charge in [0.05, 0.1) is 5.69 Å². The average molecular weight is 286 g/mol. The van der Waals surface area contributed by atoms with E-state index in [4.69, 9.17) is 18.0 Å². The van der Waals surface area contributed by atoms with Gasteiger partial charge in [-0.2, -0.15) is 9.78 Å². The van der Waals surface area contributed by atoms with Crippen molar-refractivity contribution in [2.75, 3.05) is 11.9 Å². The van der Waals surface area contributed by atoms with Gasteiger partial charge in [0.15, 0.2) is 5.11 Å². The number of hydrogen-bond donors (Lipinski definition) is 2. The molecule has 3 rings (SSSR count). The third-order valence-electron chi connectivity index (χ3n) is 3.66. The lowest BCUT2D eigenvalue weighted by Crippen LogP contribution is -2.22. The van der Waals surface area contributed by atoms with E-state index in [1.165, 1.54) is 11.1 Å². The molecule has 5 heteroatoms. The summed E-state index contributed by atoms with van der Waals surface area (Å²) < 4.78 is 1.66. The number of nitrogens with two attached hydrogens (primary N) is 1. The van der Waals surface area contributed by atoms with E-state index in [1.807, 2.05) is 0 Å². The van der Waals surface area contributed by atoms with E-state index in [2.05, 4.69) is 41.6 Å². The summed E-state index contributed by atoms with van der Waals surface area (Å²) in [5.41, 5.74) is 10.4. The zero-order chi connectivity index (χ0) is 14.1. The lowest BCUT2D eigenvalue weighted by atomic mass is 10.0. The monoisotopic (exact) mass is 286 g/mol. The van der Waals surface area contributed by atoms with Gasteiger partial charge in [-0.3, -0.25) is 0 Å². The van der Waals surface area contributed by atoms with Crippen LogP contribution in [0, 0.1) is 6.92 Å². The Hall–Kier alpha value is -1.88. The number of anilines is 1. The van der Waals surface area contributed by atoms with Gasteiger partial charge in [-0.25, -0.2) is 0 Å². The van der Waals surface area contributed by atoms with Gasteiger partial charge in [0.2, 0.25) is 0 Å². The Morgan fingerprint density at radius 1 is 1.30 bits per heavy atom.